The average Bonchev–Trinajstić information content (AvgIpc) is 2.46. The Morgan fingerprint density at radius 3 is 2.23 bits per heavy atom. The number of alkyl halides is 3. The van der Waals surface area contributed by atoms with Gasteiger partial charge in [-0.05, 0) is 24.3 Å². The van der Waals surface area contributed by atoms with Gasteiger partial charge in [0.1, 0.15) is 12.1 Å². The van der Waals surface area contributed by atoms with Crippen LogP contribution in [-0.2, 0) is 9.53 Å². The second-order valence-electron chi connectivity index (χ2n) is 5.60. The minimum atomic E-state index is -4.49. The van der Waals surface area contributed by atoms with Crippen LogP contribution in [-0.4, -0.2) is 25.3 Å². The highest BCUT2D eigenvalue weighted by Crippen LogP contribution is 2.33. The van der Waals surface area contributed by atoms with E-state index in [1.54, 1.807) is 6.07 Å². The smallest absolute Gasteiger partial charge is 0.407 e. The van der Waals surface area contributed by atoms with Crippen LogP contribution in [0.1, 0.15) is 38.3 Å². The highest BCUT2D eigenvalue weighted by molar-refractivity contribution is 5.75. The van der Waals surface area contributed by atoms with Gasteiger partial charge >= 0.3 is 12.1 Å². The Morgan fingerprint density at radius 1 is 1.18 bits per heavy atom. The van der Waals surface area contributed by atoms with Crippen LogP contribution < -0.4 is 5.32 Å². The number of benzene rings is 1. The molecule has 0 fully saturated rings. The molecule has 0 unspecified atom stereocenters. The molecule has 0 spiro atoms. The molecule has 0 heterocycles. The Morgan fingerprint density at radius 2 is 1.77 bits per heavy atom. The Balaban J connectivity index is 2.95. The Bertz CT molecular complexity index is 460. The van der Waals surface area contributed by atoms with E-state index in [9.17, 15) is 18.0 Å². The summed E-state index contributed by atoms with van der Waals surface area (Å²) in [6, 6.07) is 4.62. The zero-order valence-corrected chi connectivity index (χ0v) is 13.0. The SMILES string of the molecule is COC(=O)[C@H](CCC(C)C)N[C@@H](c1ccccc1)C(F)(F)F. The summed E-state index contributed by atoms with van der Waals surface area (Å²) in [5.41, 5.74) is 0.0773. The van der Waals surface area contributed by atoms with Crippen molar-refractivity contribution in [1.82, 2.24) is 5.32 Å². The molecule has 0 aliphatic rings. The van der Waals surface area contributed by atoms with Crippen molar-refractivity contribution in [2.75, 3.05) is 7.11 Å². The number of hydrogen-bond donors (Lipinski definition) is 1. The van der Waals surface area contributed by atoms with E-state index < -0.39 is 24.2 Å². The molecule has 22 heavy (non-hydrogen) atoms. The summed E-state index contributed by atoms with van der Waals surface area (Å²) in [6.45, 7) is 3.90. The molecule has 2 atom stereocenters. The monoisotopic (exact) mass is 317 g/mol. The molecule has 1 aromatic rings. The molecule has 1 rings (SSSR count). The number of nitrogens with one attached hydrogen (secondary N) is 1. The summed E-state index contributed by atoms with van der Waals surface area (Å²) in [6.07, 6.45) is -3.57. The molecule has 0 aromatic heterocycles. The molecule has 0 radical (unpaired) electrons. The number of carbonyl (C=O) groups is 1. The molecule has 0 aliphatic heterocycles. The topological polar surface area (TPSA) is 38.3 Å². The van der Waals surface area contributed by atoms with Gasteiger partial charge in [-0.25, -0.2) is 0 Å². The molecular formula is C16H22F3NO2. The zero-order valence-electron chi connectivity index (χ0n) is 13.0. The van der Waals surface area contributed by atoms with Crippen molar-refractivity contribution >= 4 is 5.97 Å². The van der Waals surface area contributed by atoms with Gasteiger partial charge in [-0.2, -0.15) is 13.2 Å². The largest absolute Gasteiger partial charge is 0.468 e. The number of hydrogen-bond acceptors (Lipinski definition) is 3. The van der Waals surface area contributed by atoms with Gasteiger partial charge in [-0.15, -0.1) is 0 Å². The normalized spacial score (nSPS) is 14.7. The summed E-state index contributed by atoms with van der Waals surface area (Å²) in [5.74, 6) is -0.388. The van der Waals surface area contributed by atoms with Crippen LogP contribution in [0.4, 0.5) is 13.2 Å². The Kier molecular flexibility index (Phi) is 6.87. The second-order valence-corrected chi connectivity index (χ2v) is 5.60. The van der Waals surface area contributed by atoms with Gasteiger partial charge in [0, 0.05) is 0 Å². The van der Waals surface area contributed by atoms with Crippen molar-refractivity contribution < 1.29 is 22.7 Å². The maximum Gasteiger partial charge on any atom is 0.407 e. The molecule has 0 bridgehead atoms. The highest BCUT2D eigenvalue weighted by Gasteiger charge is 2.42. The number of ether oxygens (including phenoxy) is 1. The van der Waals surface area contributed by atoms with E-state index in [-0.39, 0.29) is 11.5 Å². The van der Waals surface area contributed by atoms with Crippen molar-refractivity contribution in [1.29, 1.82) is 0 Å². The quantitative estimate of drug-likeness (QED) is 0.776. The fraction of sp³-hybridized carbons (Fsp3) is 0.562. The van der Waals surface area contributed by atoms with Crippen LogP contribution in [0.5, 0.6) is 0 Å². The van der Waals surface area contributed by atoms with Gasteiger partial charge in [-0.1, -0.05) is 44.2 Å². The lowest BCUT2D eigenvalue weighted by Crippen LogP contribution is -2.45. The van der Waals surface area contributed by atoms with Crippen LogP contribution in [0, 0.1) is 5.92 Å². The van der Waals surface area contributed by atoms with Gasteiger partial charge in [0.05, 0.1) is 7.11 Å². The van der Waals surface area contributed by atoms with Gasteiger partial charge in [0.15, 0.2) is 0 Å². The minimum absolute atomic E-state index is 0.0773. The molecule has 0 saturated heterocycles. The third kappa shape index (κ3) is 5.67. The summed E-state index contributed by atoms with van der Waals surface area (Å²) in [7, 11) is 1.18. The molecule has 1 aromatic carbocycles. The Labute approximate surface area is 128 Å². The van der Waals surface area contributed by atoms with E-state index in [2.05, 4.69) is 10.1 Å². The average molecular weight is 317 g/mol. The van der Waals surface area contributed by atoms with Crippen molar-refractivity contribution in [3.8, 4) is 0 Å². The van der Waals surface area contributed by atoms with Crippen molar-refractivity contribution in [3.05, 3.63) is 35.9 Å². The van der Waals surface area contributed by atoms with Crippen LogP contribution >= 0.6 is 0 Å². The molecule has 0 aliphatic carbocycles. The summed E-state index contributed by atoms with van der Waals surface area (Å²) < 4.78 is 44.6. The van der Waals surface area contributed by atoms with Crippen LogP contribution in [0.3, 0.4) is 0 Å². The first-order valence-corrected chi connectivity index (χ1v) is 7.21. The van der Waals surface area contributed by atoms with Crippen molar-refractivity contribution in [3.63, 3.8) is 0 Å². The van der Waals surface area contributed by atoms with E-state index >= 15 is 0 Å². The molecule has 0 saturated carbocycles. The van der Waals surface area contributed by atoms with Gasteiger partial charge in [-0.3, -0.25) is 10.1 Å². The van der Waals surface area contributed by atoms with E-state index in [4.69, 9.17) is 0 Å². The molecule has 3 nitrogen and oxygen atoms in total. The van der Waals surface area contributed by atoms with Gasteiger partial charge in [0.2, 0.25) is 0 Å². The summed E-state index contributed by atoms with van der Waals surface area (Å²) >= 11 is 0. The lowest BCUT2D eigenvalue weighted by Gasteiger charge is -2.27. The fourth-order valence-corrected chi connectivity index (χ4v) is 2.14. The van der Waals surface area contributed by atoms with Gasteiger partial charge in [0.25, 0.3) is 0 Å². The first-order chi connectivity index (χ1) is 10.3. The van der Waals surface area contributed by atoms with Crippen molar-refractivity contribution in [2.45, 2.75) is 44.9 Å². The van der Waals surface area contributed by atoms with Crippen LogP contribution in [0.15, 0.2) is 30.3 Å². The summed E-state index contributed by atoms with van der Waals surface area (Å²) in [5, 5.41) is 2.42. The predicted molar refractivity (Wildman–Crippen MR) is 78.2 cm³/mol. The number of carbonyl (C=O) groups excluding carboxylic acids is 1. The highest BCUT2D eigenvalue weighted by atomic mass is 19.4. The number of methoxy groups -OCH3 is 1. The third-order valence-corrected chi connectivity index (χ3v) is 3.35. The zero-order chi connectivity index (χ0) is 16.8. The van der Waals surface area contributed by atoms with Gasteiger partial charge < -0.3 is 4.74 Å². The number of halogens is 3. The molecule has 1 N–H and O–H groups in total. The van der Waals surface area contributed by atoms with Crippen LogP contribution in [0.25, 0.3) is 0 Å². The van der Waals surface area contributed by atoms with Crippen LogP contribution in [0.2, 0.25) is 0 Å². The summed E-state index contributed by atoms with van der Waals surface area (Å²) in [4.78, 5) is 11.8. The molecule has 124 valence electrons. The second kappa shape index (κ2) is 8.17. The standard InChI is InChI=1S/C16H22F3NO2/c1-11(2)9-10-13(15(21)22-3)20-14(16(17,18)19)12-7-5-4-6-8-12/h4-8,11,13-14,20H,9-10H2,1-3H3/t13-,14-/m0/s1. The predicted octanol–water partition coefficient (Wildman–Crippen LogP) is 3.86. The maximum atomic E-state index is 13.3. The molecule has 0 amide bonds. The minimum Gasteiger partial charge on any atom is -0.468 e. The first-order valence-electron chi connectivity index (χ1n) is 7.21. The van der Waals surface area contributed by atoms with E-state index in [0.29, 0.717) is 12.8 Å². The molecular weight excluding hydrogens is 295 g/mol. The third-order valence-electron chi connectivity index (χ3n) is 3.35. The van der Waals surface area contributed by atoms with E-state index in [0.717, 1.165) is 0 Å². The molecule has 6 heteroatoms. The lowest BCUT2D eigenvalue weighted by molar-refractivity contribution is -0.164. The van der Waals surface area contributed by atoms with E-state index in [1.165, 1.54) is 31.4 Å². The maximum absolute atomic E-state index is 13.3. The Hall–Kier alpha value is -1.56. The van der Waals surface area contributed by atoms with Crippen molar-refractivity contribution in [2.24, 2.45) is 5.92 Å². The first kappa shape index (κ1) is 18.5. The van der Waals surface area contributed by atoms with E-state index in [1.807, 2.05) is 13.8 Å². The lowest BCUT2D eigenvalue weighted by atomic mass is 10.0. The number of esters is 1. The fourth-order valence-electron chi connectivity index (χ4n) is 2.14. The number of rotatable bonds is 7.